The summed E-state index contributed by atoms with van der Waals surface area (Å²) in [7, 11) is -2.32. The molecule has 178 valence electrons. The first-order valence-electron chi connectivity index (χ1n) is 10.4. The molecule has 1 aliphatic heterocycles. The average molecular weight is 479 g/mol. The minimum absolute atomic E-state index is 0.0882. The third-order valence-electron chi connectivity index (χ3n) is 5.24. The summed E-state index contributed by atoms with van der Waals surface area (Å²) in [6, 6.07) is -2.48. The first-order chi connectivity index (χ1) is 15.8. The Labute approximate surface area is 191 Å². The van der Waals surface area contributed by atoms with E-state index in [4.69, 9.17) is 10.5 Å². The molecule has 12 nitrogen and oxygen atoms in total. The lowest BCUT2D eigenvalue weighted by atomic mass is 9.99. The van der Waals surface area contributed by atoms with Crippen LogP contribution in [0.1, 0.15) is 18.5 Å². The number of amides is 4. The quantitative estimate of drug-likeness (QED) is 0.334. The SMILES string of the molecule is NC(=O)[C@H](Cc1c[nH]cn1)NC(=O)[C@H](CC1=CCC(=S(=O)=O)C=C1)NC(=O)N1CCOCC1. The molecule has 2 aliphatic rings. The van der Waals surface area contributed by atoms with Gasteiger partial charge in [-0.25, -0.2) is 9.78 Å². The molecule has 0 radical (unpaired) electrons. The summed E-state index contributed by atoms with van der Waals surface area (Å²) in [5, 5.41) is 5.31. The van der Waals surface area contributed by atoms with Crippen LogP contribution in [0.5, 0.6) is 0 Å². The van der Waals surface area contributed by atoms with Gasteiger partial charge in [0.15, 0.2) is 0 Å². The number of nitrogens with two attached hydrogens (primary N) is 1. The normalized spacial score (nSPS) is 17.6. The standard InChI is InChI=1S/C20H26N6O6S/c21-18(27)16(10-14-11-22-12-23-14)24-19(28)17(25-20(29)26-5-7-32-8-6-26)9-13-1-3-15(4-2-13)33(30)31/h1-3,11-12,16-17H,4-10H2,(H2,21,27)(H,22,23)(H,24,28)(H,25,29)/t16-,17-/m0/s1. The first-order valence-corrected chi connectivity index (χ1v) is 11.4. The molecule has 0 spiro atoms. The second-order valence-corrected chi connectivity index (χ2v) is 8.55. The van der Waals surface area contributed by atoms with E-state index in [1.165, 1.54) is 17.3 Å². The highest BCUT2D eigenvalue weighted by Crippen LogP contribution is 2.15. The van der Waals surface area contributed by atoms with E-state index >= 15 is 0 Å². The van der Waals surface area contributed by atoms with Crippen LogP contribution in [0.3, 0.4) is 0 Å². The Balaban J connectivity index is 1.73. The van der Waals surface area contributed by atoms with Crippen molar-refractivity contribution < 1.29 is 27.5 Å². The zero-order valence-corrected chi connectivity index (χ0v) is 18.6. The first kappa shape index (κ1) is 24.2. The molecule has 1 saturated heterocycles. The summed E-state index contributed by atoms with van der Waals surface area (Å²) in [5.74, 6) is -1.33. The number of imidazole rings is 1. The molecule has 1 fully saturated rings. The van der Waals surface area contributed by atoms with Crippen LogP contribution >= 0.6 is 0 Å². The number of nitrogens with one attached hydrogen (secondary N) is 3. The fourth-order valence-electron chi connectivity index (χ4n) is 3.40. The number of H-pyrrole nitrogens is 1. The van der Waals surface area contributed by atoms with Gasteiger partial charge in [0.2, 0.25) is 22.1 Å². The lowest BCUT2D eigenvalue weighted by molar-refractivity contribution is -0.128. The lowest BCUT2D eigenvalue weighted by Crippen LogP contribution is -2.56. The number of rotatable bonds is 8. The van der Waals surface area contributed by atoms with Gasteiger partial charge in [0.05, 0.1) is 30.1 Å². The number of ether oxygens (including phenoxy) is 1. The van der Waals surface area contributed by atoms with Crippen LogP contribution in [0.25, 0.3) is 0 Å². The Kier molecular flexibility index (Phi) is 8.38. The number of carbonyl (C=O) groups excluding carboxylic acids is 3. The van der Waals surface area contributed by atoms with Gasteiger partial charge in [0.1, 0.15) is 12.1 Å². The molecular weight excluding hydrogens is 452 g/mol. The molecule has 3 rings (SSSR count). The van der Waals surface area contributed by atoms with Gasteiger partial charge in [-0.15, -0.1) is 0 Å². The van der Waals surface area contributed by atoms with E-state index in [9.17, 15) is 22.8 Å². The molecule has 4 amide bonds. The van der Waals surface area contributed by atoms with E-state index in [-0.39, 0.29) is 24.1 Å². The number of carbonyl (C=O) groups is 3. The molecule has 2 heterocycles. The van der Waals surface area contributed by atoms with Crippen LogP contribution in [0, 0.1) is 0 Å². The van der Waals surface area contributed by atoms with Crippen molar-refractivity contribution in [3.05, 3.63) is 42.0 Å². The molecule has 1 aromatic heterocycles. The summed E-state index contributed by atoms with van der Waals surface area (Å²) in [4.78, 5) is 46.3. The molecule has 13 heteroatoms. The van der Waals surface area contributed by atoms with E-state index in [2.05, 4.69) is 20.6 Å². The Morgan fingerprint density at radius 2 is 1.91 bits per heavy atom. The van der Waals surface area contributed by atoms with Gasteiger partial charge in [0, 0.05) is 38.5 Å². The van der Waals surface area contributed by atoms with Gasteiger partial charge in [-0.1, -0.05) is 12.2 Å². The zero-order valence-electron chi connectivity index (χ0n) is 17.8. The van der Waals surface area contributed by atoms with Gasteiger partial charge >= 0.3 is 6.03 Å². The fraction of sp³-hybridized carbons (Fsp3) is 0.450. The van der Waals surface area contributed by atoms with Gasteiger partial charge < -0.3 is 31.0 Å². The number of aromatic amines is 1. The summed E-state index contributed by atoms with van der Waals surface area (Å²) < 4.78 is 27.5. The van der Waals surface area contributed by atoms with Crippen LogP contribution in [0.2, 0.25) is 0 Å². The summed E-state index contributed by atoms with van der Waals surface area (Å²) in [6.07, 6.45) is 8.15. The molecule has 1 aromatic rings. The van der Waals surface area contributed by atoms with Crippen LogP contribution in [0.15, 0.2) is 36.3 Å². The van der Waals surface area contributed by atoms with E-state index in [1.807, 2.05) is 0 Å². The lowest BCUT2D eigenvalue weighted by Gasteiger charge is -2.29. The van der Waals surface area contributed by atoms with Crippen molar-refractivity contribution in [1.82, 2.24) is 25.5 Å². The van der Waals surface area contributed by atoms with Gasteiger partial charge in [-0.2, -0.15) is 8.42 Å². The molecule has 5 N–H and O–H groups in total. The number of nitrogens with zero attached hydrogens (tertiary/aromatic N) is 2. The van der Waals surface area contributed by atoms with Crippen molar-refractivity contribution in [2.45, 2.75) is 31.3 Å². The second kappa shape index (κ2) is 11.4. The highest BCUT2D eigenvalue weighted by Gasteiger charge is 2.29. The molecule has 2 atom stereocenters. The predicted molar refractivity (Wildman–Crippen MR) is 119 cm³/mol. The Morgan fingerprint density at radius 1 is 1.15 bits per heavy atom. The Hall–Kier alpha value is -3.45. The minimum Gasteiger partial charge on any atom is -0.378 e. The minimum atomic E-state index is -2.32. The molecular formula is C20H26N6O6S. The summed E-state index contributed by atoms with van der Waals surface area (Å²) >= 11 is 0. The predicted octanol–water partition coefficient (Wildman–Crippen LogP) is -1.34. The van der Waals surface area contributed by atoms with Crippen LogP contribution < -0.4 is 16.4 Å². The summed E-state index contributed by atoms with van der Waals surface area (Å²) in [6.45, 7) is 1.58. The highest BCUT2D eigenvalue weighted by molar-refractivity contribution is 7.73. The number of hydrogen-bond acceptors (Lipinski definition) is 7. The highest BCUT2D eigenvalue weighted by atomic mass is 32.2. The number of allylic oxidation sites excluding steroid dienone is 3. The summed E-state index contributed by atoms with van der Waals surface area (Å²) in [5.41, 5.74) is 6.68. The second-order valence-electron chi connectivity index (χ2n) is 7.55. The third kappa shape index (κ3) is 7.02. The largest absolute Gasteiger partial charge is 0.378 e. The molecule has 0 unspecified atom stereocenters. The van der Waals surface area contributed by atoms with Crippen molar-refractivity contribution in [1.29, 1.82) is 0 Å². The van der Waals surface area contributed by atoms with E-state index in [0.717, 1.165) is 0 Å². The number of primary amides is 1. The molecule has 33 heavy (non-hydrogen) atoms. The molecule has 0 aromatic carbocycles. The van der Waals surface area contributed by atoms with Gasteiger partial charge in [-0.05, 0) is 11.6 Å². The number of hydrogen-bond donors (Lipinski definition) is 4. The fourth-order valence-corrected chi connectivity index (χ4v) is 3.80. The average Bonchev–Trinajstić information content (AvgIpc) is 3.32. The van der Waals surface area contributed by atoms with Crippen LogP contribution in [-0.2, 0) is 31.0 Å². The smallest absolute Gasteiger partial charge is 0.318 e. The topological polar surface area (TPSA) is 177 Å². The zero-order chi connectivity index (χ0) is 23.8. The van der Waals surface area contributed by atoms with Crippen molar-refractivity contribution in [2.75, 3.05) is 26.3 Å². The maximum absolute atomic E-state index is 13.1. The monoisotopic (exact) mass is 478 g/mol. The van der Waals surface area contributed by atoms with Crippen molar-refractivity contribution in [3.8, 4) is 0 Å². The Bertz CT molecular complexity index is 1060. The maximum Gasteiger partial charge on any atom is 0.318 e. The molecule has 0 bridgehead atoms. The van der Waals surface area contributed by atoms with E-state index in [0.29, 0.717) is 37.6 Å². The van der Waals surface area contributed by atoms with Crippen molar-refractivity contribution >= 4 is 33.0 Å². The van der Waals surface area contributed by atoms with E-state index in [1.54, 1.807) is 18.3 Å². The number of aromatic nitrogens is 2. The maximum atomic E-state index is 13.1. The number of morpholine rings is 1. The van der Waals surface area contributed by atoms with Crippen molar-refractivity contribution in [3.63, 3.8) is 0 Å². The van der Waals surface area contributed by atoms with Crippen molar-refractivity contribution in [2.24, 2.45) is 5.73 Å². The van der Waals surface area contributed by atoms with E-state index < -0.39 is 40.2 Å². The van der Waals surface area contributed by atoms with Crippen LogP contribution in [-0.4, -0.2) is 84.4 Å². The Morgan fingerprint density at radius 3 is 2.48 bits per heavy atom. The van der Waals surface area contributed by atoms with Gasteiger partial charge in [0.25, 0.3) is 0 Å². The molecule has 1 aliphatic carbocycles. The van der Waals surface area contributed by atoms with Crippen LogP contribution in [0.4, 0.5) is 4.79 Å². The third-order valence-corrected chi connectivity index (χ3v) is 5.97. The van der Waals surface area contributed by atoms with Gasteiger partial charge in [-0.3, -0.25) is 9.59 Å². The number of urea groups is 1. The molecule has 0 saturated carbocycles.